The topological polar surface area (TPSA) is 102 Å². The van der Waals surface area contributed by atoms with Crippen LogP contribution in [0.4, 0.5) is 10.3 Å². The van der Waals surface area contributed by atoms with Crippen LogP contribution in [0.1, 0.15) is 50.9 Å². The number of nitrogens with zero attached hydrogens (tertiary/aromatic N) is 3. The molecule has 1 unspecified atom stereocenters. The molecule has 1 heterocycles. The van der Waals surface area contributed by atoms with Crippen molar-refractivity contribution in [3.63, 3.8) is 0 Å². The summed E-state index contributed by atoms with van der Waals surface area (Å²) in [6, 6.07) is 5.66. The number of unbranched alkanes of at least 4 members (excludes halogenated alkanes) is 2. The number of hydrogen-bond donors (Lipinski definition) is 2. The van der Waals surface area contributed by atoms with Gasteiger partial charge in [-0.2, -0.15) is 5.21 Å². The quantitative estimate of drug-likeness (QED) is 0.415. The Hall–Kier alpha value is -1.83. The second kappa shape index (κ2) is 10.4. The minimum Gasteiger partial charge on any atom is -0.334 e. The molecule has 0 amide bonds. The predicted molar refractivity (Wildman–Crippen MR) is 96.3 cm³/mol. The number of anilines is 1. The summed E-state index contributed by atoms with van der Waals surface area (Å²) in [7, 11) is -3.62. The second-order valence-corrected chi connectivity index (χ2v) is 7.86. The van der Waals surface area contributed by atoms with E-state index in [0.29, 0.717) is 18.8 Å². The summed E-state index contributed by atoms with van der Waals surface area (Å²) in [6.45, 7) is 4.62. The fourth-order valence-corrected chi connectivity index (χ4v) is 4.14. The van der Waals surface area contributed by atoms with Gasteiger partial charge in [-0.25, -0.2) is 4.39 Å². The third-order valence-corrected chi connectivity index (χ3v) is 5.80. The molecule has 0 saturated heterocycles. The van der Waals surface area contributed by atoms with E-state index in [1.165, 1.54) is 24.3 Å². The van der Waals surface area contributed by atoms with Gasteiger partial charge in [-0.05, 0) is 35.8 Å². The number of aromatic nitrogens is 4. The van der Waals surface area contributed by atoms with Crippen LogP contribution in [-0.4, -0.2) is 33.8 Å². The maximum absolute atomic E-state index is 13.6. The van der Waals surface area contributed by atoms with Crippen LogP contribution in [0, 0.1) is 5.82 Å². The highest BCUT2D eigenvalue weighted by Gasteiger charge is 2.38. The molecule has 0 bridgehead atoms. The molecule has 2 aromatic rings. The first-order valence-electron chi connectivity index (χ1n) is 8.73. The third-order valence-electron chi connectivity index (χ3n) is 3.65. The minimum absolute atomic E-state index is 0.151. The highest BCUT2D eigenvalue weighted by atomic mass is 31.2. The van der Waals surface area contributed by atoms with Gasteiger partial charge >= 0.3 is 7.60 Å². The van der Waals surface area contributed by atoms with Crippen LogP contribution in [0.2, 0.25) is 0 Å². The summed E-state index contributed by atoms with van der Waals surface area (Å²) < 4.78 is 38.3. The molecule has 1 atom stereocenters. The van der Waals surface area contributed by atoms with Crippen molar-refractivity contribution in [3.05, 3.63) is 35.6 Å². The van der Waals surface area contributed by atoms with E-state index in [2.05, 4.69) is 25.9 Å². The molecule has 1 aromatic heterocycles. The van der Waals surface area contributed by atoms with Gasteiger partial charge in [0.2, 0.25) is 0 Å². The van der Waals surface area contributed by atoms with Crippen molar-refractivity contribution in [1.82, 2.24) is 20.6 Å². The molecule has 2 N–H and O–H groups in total. The van der Waals surface area contributed by atoms with Crippen molar-refractivity contribution in [2.24, 2.45) is 0 Å². The largest absolute Gasteiger partial charge is 0.357 e. The van der Waals surface area contributed by atoms with Gasteiger partial charge < -0.3 is 14.4 Å². The highest BCUT2D eigenvalue weighted by Crippen LogP contribution is 2.60. The molecule has 10 heteroatoms. The van der Waals surface area contributed by atoms with Crippen LogP contribution < -0.4 is 5.32 Å². The molecular formula is C16H25FN5O3P. The molecule has 0 radical (unpaired) electrons. The lowest BCUT2D eigenvalue weighted by Gasteiger charge is -2.27. The Morgan fingerprint density at radius 3 is 2.27 bits per heavy atom. The van der Waals surface area contributed by atoms with E-state index < -0.39 is 13.4 Å². The number of benzene rings is 1. The summed E-state index contributed by atoms with van der Waals surface area (Å²) in [4.78, 5) is 0. The smallest absolute Gasteiger partial charge is 0.334 e. The van der Waals surface area contributed by atoms with E-state index in [4.69, 9.17) is 9.05 Å². The standard InChI is InChI=1S/C16H25FN5O3P/c1-3-5-11-24-26(23,25-12-6-4-2)15(18-16-19-21-22-20-16)13-7-9-14(17)10-8-13/h7-10,15H,3-6,11-12H2,1-2H3,(H2,18,19,20,21,22). The molecule has 0 fully saturated rings. The zero-order valence-electron chi connectivity index (χ0n) is 15.0. The maximum atomic E-state index is 13.6. The number of H-pyrrole nitrogens is 1. The lowest BCUT2D eigenvalue weighted by molar-refractivity contribution is 0.194. The fourth-order valence-electron chi connectivity index (χ4n) is 2.19. The number of aromatic amines is 1. The molecule has 26 heavy (non-hydrogen) atoms. The molecular weight excluding hydrogens is 360 g/mol. The molecule has 2 rings (SSSR count). The van der Waals surface area contributed by atoms with Gasteiger partial charge in [0.25, 0.3) is 5.95 Å². The van der Waals surface area contributed by atoms with Crippen LogP contribution >= 0.6 is 7.60 Å². The SMILES string of the molecule is CCCCOP(=O)(OCCCC)C(Nc1nn[nH]n1)c1ccc(F)cc1. The van der Waals surface area contributed by atoms with Gasteiger partial charge in [-0.15, -0.1) is 5.10 Å². The zero-order chi connectivity index (χ0) is 18.8. The van der Waals surface area contributed by atoms with Gasteiger partial charge in [0.15, 0.2) is 5.78 Å². The molecule has 0 aliphatic carbocycles. The fraction of sp³-hybridized carbons (Fsp3) is 0.562. The Bertz CT molecular complexity index is 670. The van der Waals surface area contributed by atoms with E-state index in [1.54, 1.807) is 0 Å². The number of nitrogens with one attached hydrogen (secondary N) is 2. The first-order valence-corrected chi connectivity index (χ1v) is 10.3. The van der Waals surface area contributed by atoms with Gasteiger partial charge in [0.1, 0.15) is 5.82 Å². The van der Waals surface area contributed by atoms with Crippen molar-refractivity contribution in [2.45, 2.75) is 45.3 Å². The summed E-state index contributed by atoms with van der Waals surface area (Å²) in [5.74, 6) is -1.12. The Morgan fingerprint density at radius 2 is 1.77 bits per heavy atom. The Kier molecular flexibility index (Phi) is 8.15. The highest BCUT2D eigenvalue weighted by molar-refractivity contribution is 7.54. The van der Waals surface area contributed by atoms with Gasteiger partial charge in [0.05, 0.1) is 13.2 Å². The van der Waals surface area contributed by atoms with Gasteiger partial charge in [-0.1, -0.05) is 43.9 Å². The average molecular weight is 385 g/mol. The van der Waals surface area contributed by atoms with Gasteiger partial charge in [0, 0.05) is 0 Å². The van der Waals surface area contributed by atoms with E-state index in [-0.39, 0.29) is 11.8 Å². The number of halogens is 1. The predicted octanol–water partition coefficient (Wildman–Crippen LogP) is 4.28. The first-order chi connectivity index (χ1) is 12.6. The number of hydrogen-bond acceptors (Lipinski definition) is 7. The molecule has 0 spiro atoms. The van der Waals surface area contributed by atoms with Crippen molar-refractivity contribution in [2.75, 3.05) is 18.5 Å². The summed E-state index contributed by atoms with van der Waals surface area (Å²) in [5, 5.41) is 16.4. The Balaban J connectivity index is 2.31. The maximum Gasteiger partial charge on any atom is 0.357 e. The monoisotopic (exact) mass is 385 g/mol. The molecule has 0 aliphatic heterocycles. The van der Waals surface area contributed by atoms with E-state index in [9.17, 15) is 8.96 Å². The second-order valence-electron chi connectivity index (χ2n) is 5.75. The third kappa shape index (κ3) is 5.86. The summed E-state index contributed by atoms with van der Waals surface area (Å²) in [6.07, 6.45) is 3.29. The van der Waals surface area contributed by atoms with Crippen LogP contribution in [0.15, 0.2) is 24.3 Å². The lowest BCUT2D eigenvalue weighted by atomic mass is 10.2. The van der Waals surface area contributed by atoms with Crippen LogP contribution in [0.3, 0.4) is 0 Å². The minimum atomic E-state index is -3.62. The van der Waals surface area contributed by atoms with E-state index >= 15 is 0 Å². The molecule has 8 nitrogen and oxygen atoms in total. The lowest BCUT2D eigenvalue weighted by Crippen LogP contribution is -2.17. The van der Waals surface area contributed by atoms with Crippen molar-refractivity contribution in [1.29, 1.82) is 0 Å². The molecule has 0 saturated carbocycles. The molecule has 0 aliphatic rings. The zero-order valence-corrected chi connectivity index (χ0v) is 15.9. The Labute approximate surface area is 152 Å². The van der Waals surface area contributed by atoms with E-state index in [1.807, 2.05) is 13.8 Å². The normalized spacial score (nSPS) is 12.9. The van der Waals surface area contributed by atoms with E-state index in [0.717, 1.165) is 25.7 Å². The molecule has 1 aromatic carbocycles. The number of tetrazole rings is 1. The van der Waals surface area contributed by atoms with Crippen molar-refractivity contribution < 1.29 is 18.0 Å². The average Bonchev–Trinajstić information content (AvgIpc) is 3.14. The van der Waals surface area contributed by atoms with Crippen LogP contribution in [-0.2, 0) is 13.6 Å². The van der Waals surface area contributed by atoms with Crippen LogP contribution in [0.5, 0.6) is 0 Å². The van der Waals surface area contributed by atoms with Gasteiger partial charge in [-0.3, -0.25) is 4.57 Å². The van der Waals surface area contributed by atoms with Crippen molar-refractivity contribution in [3.8, 4) is 0 Å². The van der Waals surface area contributed by atoms with Crippen molar-refractivity contribution >= 4 is 13.5 Å². The summed E-state index contributed by atoms with van der Waals surface area (Å²) in [5.41, 5.74) is 0.549. The summed E-state index contributed by atoms with van der Waals surface area (Å²) >= 11 is 0. The molecule has 144 valence electrons. The number of rotatable bonds is 12. The first kappa shape index (κ1) is 20.5. The van der Waals surface area contributed by atoms with Crippen LogP contribution in [0.25, 0.3) is 0 Å². The Morgan fingerprint density at radius 1 is 1.15 bits per heavy atom.